The molecule has 0 spiro atoms. The zero-order chi connectivity index (χ0) is 22.8. The van der Waals surface area contributed by atoms with Gasteiger partial charge >= 0.3 is 0 Å². The predicted molar refractivity (Wildman–Crippen MR) is 128 cm³/mol. The molecule has 31 heavy (non-hydrogen) atoms. The molecule has 0 aliphatic carbocycles. The van der Waals surface area contributed by atoms with Crippen LogP contribution in [0.25, 0.3) is 27.6 Å². The van der Waals surface area contributed by atoms with Gasteiger partial charge in [0.25, 0.3) is 10.0 Å². The SMILES string of the molecule is CCN(CC)c1ccc2cc(-c3ccc(/C(C)=C(\C#N)S(=O)(=O)NC)n3C)ccc2c1. The van der Waals surface area contributed by atoms with E-state index in [1.807, 2.05) is 29.8 Å². The van der Waals surface area contributed by atoms with Gasteiger partial charge in [-0.15, -0.1) is 0 Å². The van der Waals surface area contributed by atoms with Crippen molar-refractivity contribution in [2.24, 2.45) is 7.05 Å². The van der Waals surface area contributed by atoms with Crippen LogP contribution in [-0.4, -0.2) is 33.1 Å². The monoisotopic (exact) mass is 436 g/mol. The highest BCUT2D eigenvalue weighted by Crippen LogP contribution is 2.31. The lowest BCUT2D eigenvalue weighted by Crippen LogP contribution is -2.21. The van der Waals surface area contributed by atoms with Crippen LogP contribution in [0.5, 0.6) is 0 Å². The van der Waals surface area contributed by atoms with E-state index in [1.54, 1.807) is 6.92 Å². The molecule has 0 amide bonds. The van der Waals surface area contributed by atoms with Gasteiger partial charge in [-0.25, -0.2) is 13.1 Å². The fourth-order valence-corrected chi connectivity index (χ4v) is 4.75. The van der Waals surface area contributed by atoms with E-state index < -0.39 is 10.0 Å². The van der Waals surface area contributed by atoms with Crippen LogP contribution in [0.1, 0.15) is 26.5 Å². The van der Waals surface area contributed by atoms with Gasteiger partial charge in [-0.2, -0.15) is 5.26 Å². The van der Waals surface area contributed by atoms with Crippen molar-refractivity contribution in [2.45, 2.75) is 20.8 Å². The van der Waals surface area contributed by atoms with E-state index in [1.165, 1.54) is 18.1 Å². The van der Waals surface area contributed by atoms with Crippen LogP contribution in [0.2, 0.25) is 0 Å². The minimum absolute atomic E-state index is 0.273. The molecule has 1 aromatic heterocycles. The number of sulfonamides is 1. The van der Waals surface area contributed by atoms with Crippen molar-refractivity contribution in [3.63, 3.8) is 0 Å². The third-order valence-electron chi connectivity index (χ3n) is 5.73. The fourth-order valence-electron chi connectivity index (χ4n) is 3.92. The summed E-state index contributed by atoms with van der Waals surface area (Å²) in [7, 11) is -0.643. The molecule has 2 aromatic carbocycles. The van der Waals surface area contributed by atoms with Gasteiger partial charge < -0.3 is 9.47 Å². The van der Waals surface area contributed by atoms with Crippen molar-refractivity contribution in [2.75, 3.05) is 25.0 Å². The summed E-state index contributed by atoms with van der Waals surface area (Å²) in [6.07, 6.45) is 0. The molecule has 1 heterocycles. The molecule has 0 atom stereocenters. The van der Waals surface area contributed by atoms with E-state index in [2.05, 4.69) is 59.9 Å². The van der Waals surface area contributed by atoms with Crippen molar-refractivity contribution in [1.29, 1.82) is 5.26 Å². The lowest BCUT2D eigenvalue weighted by molar-refractivity contribution is 0.596. The zero-order valence-electron chi connectivity index (χ0n) is 18.6. The van der Waals surface area contributed by atoms with Crippen LogP contribution in [0.15, 0.2) is 53.4 Å². The number of nitrogens with one attached hydrogen (secondary N) is 1. The maximum atomic E-state index is 12.2. The van der Waals surface area contributed by atoms with E-state index in [0.29, 0.717) is 11.3 Å². The second kappa shape index (κ2) is 8.96. The number of anilines is 1. The Hall–Kier alpha value is -3.08. The molecule has 3 aromatic rings. The summed E-state index contributed by atoms with van der Waals surface area (Å²) in [6, 6.07) is 18.4. The Morgan fingerprint density at radius 2 is 1.71 bits per heavy atom. The molecule has 0 radical (unpaired) electrons. The lowest BCUT2D eigenvalue weighted by Gasteiger charge is -2.21. The Kier molecular flexibility index (Phi) is 6.54. The molecule has 0 unspecified atom stereocenters. The highest BCUT2D eigenvalue weighted by molar-refractivity contribution is 7.93. The Morgan fingerprint density at radius 1 is 1.06 bits per heavy atom. The number of fused-ring (bicyclic) bond motifs is 1. The first-order valence-corrected chi connectivity index (χ1v) is 11.7. The number of hydrogen-bond acceptors (Lipinski definition) is 4. The fraction of sp³-hybridized carbons (Fsp3) is 0.292. The van der Waals surface area contributed by atoms with Gasteiger partial charge in [-0.05, 0) is 74.5 Å². The van der Waals surface area contributed by atoms with E-state index in [4.69, 9.17) is 0 Å². The molecular formula is C24H28N4O2S. The van der Waals surface area contributed by atoms with E-state index in [9.17, 15) is 13.7 Å². The average molecular weight is 437 g/mol. The Morgan fingerprint density at radius 3 is 2.32 bits per heavy atom. The molecule has 0 aliphatic heterocycles. The van der Waals surface area contributed by atoms with Crippen molar-refractivity contribution < 1.29 is 8.42 Å². The molecule has 1 N–H and O–H groups in total. The van der Waals surface area contributed by atoms with Crippen molar-refractivity contribution >= 4 is 32.1 Å². The number of benzene rings is 2. The second-order valence-electron chi connectivity index (χ2n) is 7.35. The van der Waals surface area contributed by atoms with Gasteiger partial charge in [-0.3, -0.25) is 0 Å². The van der Waals surface area contributed by atoms with Crippen LogP contribution in [0, 0.1) is 11.3 Å². The zero-order valence-corrected chi connectivity index (χ0v) is 19.4. The average Bonchev–Trinajstić information content (AvgIpc) is 3.15. The van der Waals surface area contributed by atoms with Crippen LogP contribution >= 0.6 is 0 Å². The molecule has 162 valence electrons. The smallest absolute Gasteiger partial charge is 0.250 e. The molecule has 0 bridgehead atoms. The molecule has 6 nitrogen and oxygen atoms in total. The lowest BCUT2D eigenvalue weighted by atomic mass is 10.0. The summed E-state index contributed by atoms with van der Waals surface area (Å²) in [5, 5.41) is 11.7. The van der Waals surface area contributed by atoms with Gasteiger partial charge in [0.1, 0.15) is 6.07 Å². The summed E-state index contributed by atoms with van der Waals surface area (Å²) < 4.78 is 28.5. The van der Waals surface area contributed by atoms with Gasteiger partial charge in [0.2, 0.25) is 0 Å². The van der Waals surface area contributed by atoms with Gasteiger partial charge in [0.05, 0.1) is 0 Å². The number of nitrogens with zero attached hydrogens (tertiary/aromatic N) is 3. The van der Waals surface area contributed by atoms with Gasteiger partial charge in [0.15, 0.2) is 4.91 Å². The van der Waals surface area contributed by atoms with Crippen LogP contribution in [0.3, 0.4) is 0 Å². The van der Waals surface area contributed by atoms with Gasteiger partial charge in [0, 0.05) is 42.8 Å². The largest absolute Gasteiger partial charge is 0.372 e. The molecule has 0 aliphatic rings. The van der Waals surface area contributed by atoms with Crippen molar-refractivity contribution in [1.82, 2.24) is 9.29 Å². The Bertz CT molecular complexity index is 1290. The van der Waals surface area contributed by atoms with E-state index in [-0.39, 0.29) is 4.91 Å². The minimum atomic E-state index is -3.82. The maximum absolute atomic E-state index is 12.2. The first-order chi connectivity index (χ1) is 14.8. The number of aromatic nitrogens is 1. The summed E-state index contributed by atoms with van der Waals surface area (Å²) in [5.74, 6) is 0. The predicted octanol–water partition coefficient (Wildman–Crippen LogP) is 4.50. The van der Waals surface area contributed by atoms with E-state index >= 15 is 0 Å². The summed E-state index contributed by atoms with van der Waals surface area (Å²) in [6.45, 7) is 7.89. The molecule has 7 heteroatoms. The molecule has 0 fully saturated rings. The quantitative estimate of drug-likeness (QED) is 0.553. The standard InChI is InChI=1S/C24H28N4O2S/c1-6-28(7-2)21-11-10-18-14-20(9-8-19(18)15-21)23-13-12-22(27(23)5)17(3)24(16-25)31(29,30)26-4/h8-15,26H,6-7H2,1-5H3/b24-17+. The van der Waals surface area contributed by atoms with Gasteiger partial charge in [-0.1, -0.05) is 18.2 Å². The minimum Gasteiger partial charge on any atom is -0.372 e. The second-order valence-corrected chi connectivity index (χ2v) is 9.18. The Balaban J connectivity index is 2.06. The third-order valence-corrected chi connectivity index (χ3v) is 7.21. The highest BCUT2D eigenvalue weighted by atomic mass is 32.2. The van der Waals surface area contributed by atoms with Crippen molar-refractivity contribution in [3.05, 3.63) is 59.1 Å². The Labute approximate surface area is 184 Å². The molecular weight excluding hydrogens is 408 g/mol. The maximum Gasteiger partial charge on any atom is 0.250 e. The third kappa shape index (κ3) is 4.22. The number of allylic oxidation sites excluding steroid dienone is 2. The number of hydrogen-bond donors (Lipinski definition) is 1. The normalized spacial score (nSPS) is 12.5. The van der Waals surface area contributed by atoms with Crippen LogP contribution in [0.4, 0.5) is 5.69 Å². The molecule has 0 saturated carbocycles. The first kappa shape index (κ1) is 22.6. The number of nitriles is 1. The highest BCUT2D eigenvalue weighted by Gasteiger charge is 2.21. The summed E-state index contributed by atoms with van der Waals surface area (Å²) in [5.41, 5.74) is 4.28. The molecule has 3 rings (SSSR count). The van der Waals surface area contributed by atoms with Crippen molar-refractivity contribution in [3.8, 4) is 17.3 Å². The summed E-state index contributed by atoms with van der Waals surface area (Å²) >= 11 is 0. The van der Waals surface area contributed by atoms with Crippen LogP contribution < -0.4 is 9.62 Å². The summed E-state index contributed by atoms with van der Waals surface area (Å²) in [4.78, 5) is 2.04. The van der Waals surface area contributed by atoms with Crippen LogP contribution in [-0.2, 0) is 17.1 Å². The topological polar surface area (TPSA) is 78.1 Å². The number of rotatable bonds is 7. The molecule has 0 saturated heterocycles. The first-order valence-electron chi connectivity index (χ1n) is 10.3. The van der Waals surface area contributed by atoms with E-state index in [0.717, 1.165) is 29.7 Å².